The number of amides is 1. The third kappa shape index (κ3) is 4.21. The summed E-state index contributed by atoms with van der Waals surface area (Å²) in [7, 11) is 0. The van der Waals surface area contributed by atoms with Crippen LogP contribution in [-0.4, -0.2) is 18.6 Å². The molecule has 1 fully saturated rings. The van der Waals surface area contributed by atoms with E-state index in [1.807, 2.05) is 32.9 Å². The van der Waals surface area contributed by atoms with Crippen LogP contribution < -0.4 is 10.1 Å². The largest absolute Gasteiger partial charge is 0.488 e. The second kappa shape index (κ2) is 6.90. The minimum atomic E-state index is -0.401. The van der Waals surface area contributed by atoms with Gasteiger partial charge >= 0.3 is 0 Å². The average Bonchev–Trinajstić information content (AvgIpc) is 3.17. The molecule has 1 saturated carbocycles. The summed E-state index contributed by atoms with van der Waals surface area (Å²) in [6.45, 7) is 6.30. The van der Waals surface area contributed by atoms with Crippen LogP contribution in [-0.2, 0) is 4.79 Å². The molecule has 1 aliphatic carbocycles. The number of ether oxygens (including phenoxy) is 1. The Morgan fingerprint density at radius 1 is 1.32 bits per heavy atom. The molecule has 0 spiro atoms. The highest BCUT2D eigenvalue weighted by molar-refractivity contribution is 5.83. The second-order valence-electron chi connectivity index (χ2n) is 7.63. The Hall–Kier alpha value is -2.30. The Morgan fingerprint density at radius 2 is 2.08 bits per heavy atom. The van der Waals surface area contributed by atoms with Gasteiger partial charge in [0.25, 0.3) is 0 Å². The third-order valence-corrected chi connectivity index (χ3v) is 4.64. The van der Waals surface area contributed by atoms with Gasteiger partial charge in [-0.05, 0) is 36.1 Å². The van der Waals surface area contributed by atoms with Crippen molar-refractivity contribution in [1.29, 1.82) is 0 Å². The molecule has 1 aromatic carbocycles. The predicted molar refractivity (Wildman–Crippen MR) is 92.8 cm³/mol. The first kappa shape index (κ1) is 17.5. The fourth-order valence-electron chi connectivity index (χ4n) is 2.82. The highest BCUT2D eigenvalue weighted by Crippen LogP contribution is 2.47. The van der Waals surface area contributed by atoms with Gasteiger partial charge in [0.2, 0.25) is 5.91 Å². The molecule has 3 rings (SSSR count). The summed E-state index contributed by atoms with van der Waals surface area (Å²) in [5.41, 5.74) is -0.212. The SMILES string of the molecule is CC(C)(C)C(COc1ccccc1F)NC(=O)C1CC1c1ccco1. The van der Waals surface area contributed by atoms with Crippen molar-refractivity contribution in [3.05, 3.63) is 54.2 Å². The maximum atomic E-state index is 13.7. The number of hydrogen-bond acceptors (Lipinski definition) is 3. The van der Waals surface area contributed by atoms with Gasteiger partial charge in [-0.1, -0.05) is 32.9 Å². The molecule has 1 N–H and O–H groups in total. The summed E-state index contributed by atoms with van der Waals surface area (Å²) < 4.78 is 24.7. The zero-order chi connectivity index (χ0) is 18.0. The number of benzene rings is 1. The van der Waals surface area contributed by atoms with Gasteiger partial charge in [-0.15, -0.1) is 0 Å². The predicted octanol–water partition coefficient (Wildman–Crippen LogP) is 4.13. The van der Waals surface area contributed by atoms with E-state index in [-0.39, 0.29) is 41.6 Å². The summed E-state index contributed by atoms with van der Waals surface area (Å²) in [6.07, 6.45) is 2.42. The summed E-state index contributed by atoms with van der Waals surface area (Å²) in [4.78, 5) is 12.6. The lowest BCUT2D eigenvalue weighted by Crippen LogP contribution is -2.48. The molecule has 4 nitrogen and oxygen atoms in total. The average molecular weight is 345 g/mol. The topological polar surface area (TPSA) is 51.5 Å². The van der Waals surface area contributed by atoms with Crippen LogP contribution >= 0.6 is 0 Å². The molecule has 2 aromatic rings. The Kier molecular flexibility index (Phi) is 4.84. The molecule has 25 heavy (non-hydrogen) atoms. The minimum Gasteiger partial charge on any atom is -0.488 e. The molecule has 0 aliphatic heterocycles. The van der Waals surface area contributed by atoms with E-state index >= 15 is 0 Å². The molecular formula is C20H24FNO3. The summed E-state index contributed by atoms with van der Waals surface area (Å²) in [5, 5.41) is 3.07. The Balaban J connectivity index is 1.60. The number of hydrogen-bond donors (Lipinski definition) is 1. The van der Waals surface area contributed by atoms with Gasteiger partial charge in [-0.2, -0.15) is 0 Å². The molecule has 1 aromatic heterocycles. The Labute approximate surface area is 147 Å². The first-order chi connectivity index (χ1) is 11.9. The number of carbonyl (C=O) groups is 1. The maximum Gasteiger partial charge on any atom is 0.224 e. The highest BCUT2D eigenvalue weighted by atomic mass is 19.1. The van der Waals surface area contributed by atoms with E-state index in [2.05, 4.69) is 5.32 Å². The third-order valence-electron chi connectivity index (χ3n) is 4.64. The van der Waals surface area contributed by atoms with Crippen LogP contribution in [0.25, 0.3) is 0 Å². The fraction of sp³-hybridized carbons (Fsp3) is 0.450. The van der Waals surface area contributed by atoms with Crippen LogP contribution in [0.4, 0.5) is 4.39 Å². The van der Waals surface area contributed by atoms with Gasteiger partial charge in [0.15, 0.2) is 11.6 Å². The summed E-state index contributed by atoms with van der Waals surface area (Å²) >= 11 is 0. The van der Waals surface area contributed by atoms with Crippen molar-refractivity contribution in [3.63, 3.8) is 0 Å². The van der Waals surface area contributed by atoms with Gasteiger partial charge in [0, 0.05) is 11.8 Å². The van der Waals surface area contributed by atoms with Gasteiger partial charge in [0.1, 0.15) is 12.4 Å². The van der Waals surface area contributed by atoms with Crippen LogP contribution in [0.2, 0.25) is 0 Å². The molecule has 1 aliphatic rings. The second-order valence-corrected chi connectivity index (χ2v) is 7.63. The number of carbonyl (C=O) groups excluding carboxylic acids is 1. The first-order valence-corrected chi connectivity index (χ1v) is 8.57. The molecule has 0 bridgehead atoms. The van der Waals surface area contributed by atoms with E-state index in [4.69, 9.17) is 9.15 Å². The quantitative estimate of drug-likeness (QED) is 0.856. The lowest BCUT2D eigenvalue weighted by molar-refractivity contribution is -0.124. The molecule has 134 valence electrons. The van der Waals surface area contributed by atoms with Crippen molar-refractivity contribution >= 4 is 5.91 Å². The van der Waals surface area contributed by atoms with Crippen LogP contribution in [0.15, 0.2) is 47.1 Å². The van der Waals surface area contributed by atoms with Gasteiger partial charge < -0.3 is 14.5 Å². The summed E-state index contributed by atoms with van der Waals surface area (Å²) in [5.74, 6) is 0.744. The van der Waals surface area contributed by atoms with Crippen LogP contribution in [0.1, 0.15) is 38.9 Å². The van der Waals surface area contributed by atoms with Gasteiger partial charge in [0.05, 0.1) is 12.3 Å². The van der Waals surface area contributed by atoms with Crippen molar-refractivity contribution < 1.29 is 18.3 Å². The number of furan rings is 1. The Bertz CT molecular complexity index is 721. The number of halogens is 1. The zero-order valence-electron chi connectivity index (χ0n) is 14.8. The summed E-state index contributed by atoms with van der Waals surface area (Å²) in [6, 6.07) is 9.80. The van der Waals surface area contributed by atoms with Crippen molar-refractivity contribution in [2.24, 2.45) is 11.3 Å². The van der Waals surface area contributed by atoms with Crippen molar-refractivity contribution in [3.8, 4) is 5.75 Å². The first-order valence-electron chi connectivity index (χ1n) is 8.57. The van der Waals surface area contributed by atoms with E-state index in [1.54, 1.807) is 24.5 Å². The number of para-hydroxylation sites is 1. The van der Waals surface area contributed by atoms with Gasteiger partial charge in [-0.3, -0.25) is 4.79 Å². The molecule has 0 radical (unpaired) electrons. The molecule has 1 heterocycles. The number of nitrogens with one attached hydrogen (secondary N) is 1. The van der Waals surface area contributed by atoms with E-state index < -0.39 is 5.82 Å². The lowest BCUT2D eigenvalue weighted by Gasteiger charge is -2.31. The van der Waals surface area contributed by atoms with Crippen LogP contribution in [0.5, 0.6) is 5.75 Å². The molecule has 3 atom stereocenters. The van der Waals surface area contributed by atoms with Gasteiger partial charge in [-0.25, -0.2) is 4.39 Å². The maximum absolute atomic E-state index is 13.7. The standard InChI is InChI=1S/C20H24FNO3/c1-20(2,3)18(12-25-17-8-5-4-7-15(17)21)22-19(23)14-11-13(14)16-9-6-10-24-16/h4-10,13-14,18H,11-12H2,1-3H3,(H,22,23). The van der Waals surface area contributed by atoms with Crippen LogP contribution in [0.3, 0.4) is 0 Å². The number of rotatable bonds is 6. The normalized spacial score (nSPS) is 20.8. The molecule has 0 saturated heterocycles. The van der Waals surface area contributed by atoms with E-state index in [0.717, 1.165) is 12.2 Å². The molecule has 1 amide bonds. The van der Waals surface area contributed by atoms with Crippen LogP contribution in [0, 0.1) is 17.2 Å². The molecular weight excluding hydrogens is 321 g/mol. The monoisotopic (exact) mass is 345 g/mol. The highest BCUT2D eigenvalue weighted by Gasteiger charge is 2.46. The van der Waals surface area contributed by atoms with Crippen molar-refractivity contribution in [2.45, 2.75) is 39.2 Å². The zero-order valence-corrected chi connectivity index (χ0v) is 14.8. The Morgan fingerprint density at radius 3 is 2.72 bits per heavy atom. The molecule has 5 heteroatoms. The van der Waals surface area contributed by atoms with Crippen molar-refractivity contribution in [2.75, 3.05) is 6.61 Å². The van der Waals surface area contributed by atoms with E-state index in [9.17, 15) is 9.18 Å². The van der Waals surface area contributed by atoms with E-state index in [0.29, 0.717) is 0 Å². The smallest absolute Gasteiger partial charge is 0.224 e. The fourth-order valence-corrected chi connectivity index (χ4v) is 2.82. The lowest BCUT2D eigenvalue weighted by atomic mass is 9.87. The minimum absolute atomic E-state index is 0.00143. The van der Waals surface area contributed by atoms with E-state index in [1.165, 1.54) is 6.07 Å². The van der Waals surface area contributed by atoms with Crippen molar-refractivity contribution in [1.82, 2.24) is 5.32 Å². The molecule has 3 unspecified atom stereocenters.